The fraction of sp³-hybridized carbons (Fsp3) is 0.929. The number of nitrogens with one attached hydrogen (secondary N) is 1. The molecule has 102 valence electrons. The highest BCUT2D eigenvalue weighted by atomic mass is 16.4. The summed E-state index contributed by atoms with van der Waals surface area (Å²) >= 11 is 0. The van der Waals surface area contributed by atoms with E-state index in [2.05, 4.69) is 26.1 Å². The molecule has 3 heteroatoms. The summed E-state index contributed by atoms with van der Waals surface area (Å²) in [6.07, 6.45) is 8.19. The monoisotopic (exact) mass is 243 g/mol. The van der Waals surface area contributed by atoms with Crippen LogP contribution in [0, 0.1) is 5.92 Å². The van der Waals surface area contributed by atoms with Crippen molar-refractivity contribution in [2.75, 3.05) is 6.54 Å². The Labute approximate surface area is 106 Å². The fourth-order valence-corrected chi connectivity index (χ4v) is 1.92. The van der Waals surface area contributed by atoms with E-state index in [-0.39, 0.29) is 6.04 Å². The molecule has 0 saturated carbocycles. The number of carboxylic acid groups (broad SMARTS) is 1. The summed E-state index contributed by atoms with van der Waals surface area (Å²) in [5.74, 6) is -0.294. The van der Waals surface area contributed by atoms with Crippen LogP contribution >= 0.6 is 0 Å². The van der Waals surface area contributed by atoms with Gasteiger partial charge in [0.25, 0.3) is 0 Å². The van der Waals surface area contributed by atoms with Crippen LogP contribution < -0.4 is 5.32 Å². The zero-order chi connectivity index (χ0) is 13.1. The third-order valence-corrected chi connectivity index (χ3v) is 2.93. The van der Waals surface area contributed by atoms with Crippen molar-refractivity contribution in [3.63, 3.8) is 0 Å². The first-order chi connectivity index (χ1) is 8.07. The van der Waals surface area contributed by atoms with E-state index in [0.29, 0.717) is 12.3 Å². The lowest BCUT2D eigenvalue weighted by molar-refractivity contribution is -0.139. The van der Waals surface area contributed by atoms with Gasteiger partial charge in [-0.25, -0.2) is 0 Å². The Bertz CT molecular complexity index is 193. The number of hydrogen-bond acceptors (Lipinski definition) is 2. The summed E-state index contributed by atoms with van der Waals surface area (Å²) in [6.45, 7) is 7.16. The van der Waals surface area contributed by atoms with Crippen LogP contribution in [0.3, 0.4) is 0 Å². The lowest BCUT2D eigenvalue weighted by Crippen LogP contribution is -2.38. The first-order valence-corrected chi connectivity index (χ1v) is 7.04. The van der Waals surface area contributed by atoms with Crippen molar-refractivity contribution in [2.24, 2.45) is 5.92 Å². The van der Waals surface area contributed by atoms with Gasteiger partial charge in [-0.05, 0) is 25.3 Å². The molecule has 0 saturated heterocycles. The third kappa shape index (κ3) is 10.3. The van der Waals surface area contributed by atoms with Crippen LogP contribution in [-0.4, -0.2) is 23.7 Å². The zero-order valence-corrected chi connectivity index (χ0v) is 11.7. The minimum absolute atomic E-state index is 0.370. The molecule has 2 N–H and O–H groups in total. The van der Waals surface area contributed by atoms with E-state index in [9.17, 15) is 4.79 Å². The van der Waals surface area contributed by atoms with Crippen LogP contribution in [0.15, 0.2) is 0 Å². The minimum atomic E-state index is -0.718. The molecule has 0 aliphatic carbocycles. The van der Waals surface area contributed by atoms with Gasteiger partial charge in [-0.1, -0.05) is 52.9 Å². The van der Waals surface area contributed by atoms with Crippen LogP contribution in [0.2, 0.25) is 0 Å². The average Bonchev–Trinajstić information content (AvgIpc) is 2.25. The van der Waals surface area contributed by atoms with E-state index in [1.165, 1.54) is 32.1 Å². The predicted molar refractivity (Wildman–Crippen MR) is 72.3 cm³/mol. The molecule has 0 heterocycles. The van der Waals surface area contributed by atoms with E-state index >= 15 is 0 Å². The maximum atomic E-state index is 11.0. The first-order valence-electron chi connectivity index (χ1n) is 7.04. The topological polar surface area (TPSA) is 49.3 Å². The zero-order valence-electron chi connectivity index (χ0n) is 11.7. The summed E-state index contributed by atoms with van der Waals surface area (Å²) in [5.41, 5.74) is 0. The molecule has 0 aromatic heterocycles. The van der Waals surface area contributed by atoms with Crippen LogP contribution in [-0.2, 0) is 4.79 Å². The fourth-order valence-electron chi connectivity index (χ4n) is 1.92. The smallest absolute Gasteiger partial charge is 0.320 e. The molecule has 0 aliphatic rings. The van der Waals surface area contributed by atoms with Crippen molar-refractivity contribution >= 4 is 5.97 Å². The summed E-state index contributed by atoms with van der Waals surface area (Å²) in [5, 5.41) is 12.2. The van der Waals surface area contributed by atoms with Crippen molar-refractivity contribution < 1.29 is 9.90 Å². The van der Waals surface area contributed by atoms with Crippen molar-refractivity contribution in [3.8, 4) is 0 Å². The maximum Gasteiger partial charge on any atom is 0.320 e. The largest absolute Gasteiger partial charge is 0.480 e. The molecule has 0 aromatic carbocycles. The number of carboxylic acids is 1. The molecule has 0 bridgehead atoms. The van der Waals surface area contributed by atoms with E-state index in [0.717, 1.165) is 13.0 Å². The van der Waals surface area contributed by atoms with Gasteiger partial charge in [-0.2, -0.15) is 0 Å². The summed E-state index contributed by atoms with van der Waals surface area (Å²) in [7, 11) is 0. The number of hydrogen-bond donors (Lipinski definition) is 2. The SMILES string of the molecule is CCCCCCCCNC(CC(C)C)C(=O)O. The third-order valence-electron chi connectivity index (χ3n) is 2.93. The van der Waals surface area contributed by atoms with Gasteiger partial charge in [0, 0.05) is 0 Å². The van der Waals surface area contributed by atoms with Crippen molar-refractivity contribution in [3.05, 3.63) is 0 Å². The second-order valence-electron chi connectivity index (χ2n) is 5.24. The highest BCUT2D eigenvalue weighted by Crippen LogP contribution is 2.07. The Morgan fingerprint density at radius 1 is 1.12 bits per heavy atom. The van der Waals surface area contributed by atoms with Crippen molar-refractivity contribution in [1.29, 1.82) is 0 Å². The Hall–Kier alpha value is -0.570. The standard InChI is InChI=1S/C14H29NO2/c1-4-5-6-7-8-9-10-15-13(14(16)17)11-12(2)3/h12-13,15H,4-11H2,1-3H3,(H,16,17). The normalized spacial score (nSPS) is 12.9. The molecule has 0 spiro atoms. The average molecular weight is 243 g/mol. The number of unbranched alkanes of at least 4 members (excludes halogenated alkanes) is 5. The number of rotatable bonds is 11. The first kappa shape index (κ1) is 16.4. The predicted octanol–water partition coefficient (Wildman–Crippen LogP) is 3.44. The minimum Gasteiger partial charge on any atom is -0.480 e. The summed E-state index contributed by atoms with van der Waals surface area (Å²) in [6, 6.07) is -0.370. The molecule has 1 atom stereocenters. The highest BCUT2D eigenvalue weighted by Gasteiger charge is 2.17. The van der Waals surface area contributed by atoms with E-state index < -0.39 is 5.97 Å². The molecule has 0 radical (unpaired) electrons. The quantitative estimate of drug-likeness (QED) is 0.547. The second kappa shape index (κ2) is 10.6. The van der Waals surface area contributed by atoms with Crippen LogP contribution in [0.25, 0.3) is 0 Å². The van der Waals surface area contributed by atoms with Gasteiger partial charge < -0.3 is 10.4 Å². The van der Waals surface area contributed by atoms with Gasteiger partial charge in [0.2, 0.25) is 0 Å². The Kier molecular flexibility index (Phi) is 10.2. The van der Waals surface area contributed by atoms with Gasteiger partial charge in [-0.15, -0.1) is 0 Å². The lowest BCUT2D eigenvalue weighted by atomic mass is 10.0. The van der Waals surface area contributed by atoms with E-state index in [1.807, 2.05) is 0 Å². The van der Waals surface area contributed by atoms with E-state index in [4.69, 9.17) is 5.11 Å². The van der Waals surface area contributed by atoms with Crippen molar-refractivity contribution in [1.82, 2.24) is 5.32 Å². The summed E-state index contributed by atoms with van der Waals surface area (Å²) in [4.78, 5) is 11.0. The van der Waals surface area contributed by atoms with Crippen LogP contribution in [0.4, 0.5) is 0 Å². The Morgan fingerprint density at radius 3 is 2.24 bits per heavy atom. The van der Waals surface area contributed by atoms with Crippen molar-refractivity contribution in [2.45, 2.75) is 71.8 Å². The molecule has 0 rings (SSSR count). The molecule has 17 heavy (non-hydrogen) atoms. The van der Waals surface area contributed by atoms with Gasteiger partial charge in [0.05, 0.1) is 0 Å². The molecule has 0 amide bonds. The lowest BCUT2D eigenvalue weighted by Gasteiger charge is -2.16. The molecule has 0 aliphatic heterocycles. The Morgan fingerprint density at radius 2 is 1.71 bits per heavy atom. The van der Waals surface area contributed by atoms with Gasteiger partial charge in [-0.3, -0.25) is 4.79 Å². The van der Waals surface area contributed by atoms with E-state index in [1.54, 1.807) is 0 Å². The molecular formula is C14H29NO2. The summed E-state index contributed by atoms with van der Waals surface area (Å²) < 4.78 is 0. The molecule has 1 unspecified atom stereocenters. The van der Waals surface area contributed by atoms with Gasteiger partial charge in [0.15, 0.2) is 0 Å². The number of aliphatic carboxylic acids is 1. The van der Waals surface area contributed by atoms with Crippen LogP contribution in [0.5, 0.6) is 0 Å². The molecule has 0 aromatic rings. The second-order valence-corrected chi connectivity index (χ2v) is 5.24. The van der Waals surface area contributed by atoms with Gasteiger partial charge >= 0.3 is 5.97 Å². The Balaban J connectivity index is 3.51. The molecule has 0 fully saturated rings. The highest BCUT2D eigenvalue weighted by molar-refractivity contribution is 5.73. The molecule has 3 nitrogen and oxygen atoms in total. The maximum absolute atomic E-state index is 11.0. The molecular weight excluding hydrogens is 214 g/mol. The van der Waals surface area contributed by atoms with Gasteiger partial charge in [0.1, 0.15) is 6.04 Å². The number of carbonyl (C=O) groups is 1. The van der Waals surface area contributed by atoms with Crippen LogP contribution in [0.1, 0.15) is 65.7 Å².